The molecule has 1 fully saturated rings. The van der Waals surface area contributed by atoms with Gasteiger partial charge in [-0.2, -0.15) is 9.82 Å². The Hall–Kier alpha value is -2.19. The van der Waals surface area contributed by atoms with Gasteiger partial charge >= 0.3 is 0 Å². The predicted molar refractivity (Wildman–Crippen MR) is 102 cm³/mol. The van der Waals surface area contributed by atoms with Crippen LogP contribution in [0.25, 0.3) is 0 Å². The van der Waals surface area contributed by atoms with Gasteiger partial charge in [0.05, 0.1) is 11.1 Å². The van der Waals surface area contributed by atoms with Crippen LogP contribution in [0.2, 0.25) is 0 Å². The molecule has 7 nitrogen and oxygen atoms in total. The summed E-state index contributed by atoms with van der Waals surface area (Å²) < 4.78 is 30.1. The number of aryl methyl sites for hydroxylation is 3. The van der Waals surface area contributed by atoms with Crippen molar-refractivity contribution in [3.05, 3.63) is 41.6 Å². The SMILES string of the molecule is CCn1nccc1N1CCC[C@@H](NS(=O)(=O)c2ccc3c(c2)CCC3)C1=O. The van der Waals surface area contributed by atoms with Crippen molar-refractivity contribution in [1.29, 1.82) is 0 Å². The normalized spacial score (nSPS) is 20.1. The largest absolute Gasteiger partial charge is 0.296 e. The lowest BCUT2D eigenvalue weighted by atomic mass is 10.1. The fourth-order valence-electron chi connectivity index (χ4n) is 3.98. The Balaban J connectivity index is 1.55. The highest BCUT2D eigenvalue weighted by Crippen LogP contribution is 2.26. The summed E-state index contributed by atoms with van der Waals surface area (Å²) in [6, 6.07) is 6.33. The van der Waals surface area contributed by atoms with Gasteiger partial charge in [0.25, 0.3) is 0 Å². The van der Waals surface area contributed by atoms with E-state index in [1.165, 1.54) is 5.56 Å². The molecule has 4 rings (SSSR count). The van der Waals surface area contributed by atoms with E-state index >= 15 is 0 Å². The van der Waals surface area contributed by atoms with Crippen LogP contribution in [-0.4, -0.2) is 36.7 Å². The van der Waals surface area contributed by atoms with Crippen molar-refractivity contribution in [3.8, 4) is 0 Å². The molecule has 0 saturated carbocycles. The molecule has 1 aliphatic heterocycles. The van der Waals surface area contributed by atoms with Crippen LogP contribution in [0.4, 0.5) is 5.82 Å². The highest BCUT2D eigenvalue weighted by atomic mass is 32.2. The highest BCUT2D eigenvalue weighted by Gasteiger charge is 2.34. The first-order valence-corrected chi connectivity index (χ1v) is 11.0. The fourth-order valence-corrected chi connectivity index (χ4v) is 5.26. The van der Waals surface area contributed by atoms with Gasteiger partial charge in [0, 0.05) is 19.2 Å². The van der Waals surface area contributed by atoms with Gasteiger partial charge in [0.15, 0.2) is 0 Å². The Morgan fingerprint density at radius 3 is 2.81 bits per heavy atom. The average Bonchev–Trinajstić information content (AvgIpc) is 3.31. The van der Waals surface area contributed by atoms with Gasteiger partial charge in [-0.1, -0.05) is 6.07 Å². The van der Waals surface area contributed by atoms with Crippen LogP contribution in [0.5, 0.6) is 0 Å². The number of carbonyl (C=O) groups is 1. The van der Waals surface area contributed by atoms with Crippen LogP contribution in [0.3, 0.4) is 0 Å². The zero-order valence-electron chi connectivity index (χ0n) is 15.4. The molecule has 1 aliphatic carbocycles. The third kappa shape index (κ3) is 3.39. The lowest BCUT2D eigenvalue weighted by Gasteiger charge is -2.32. The molecule has 0 radical (unpaired) electrons. The van der Waals surface area contributed by atoms with E-state index in [4.69, 9.17) is 0 Å². The molecular weight excluding hydrogens is 364 g/mol. The first kappa shape index (κ1) is 18.2. The van der Waals surface area contributed by atoms with Crippen molar-refractivity contribution in [2.45, 2.75) is 56.5 Å². The van der Waals surface area contributed by atoms with Gasteiger partial charge in [0.1, 0.15) is 11.9 Å². The Kier molecular flexibility index (Phi) is 4.77. The molecule has 0 unspecified atom stereocenters. The number of benzene rings is 1. The van der Waals surface area contributed by atoms with Crippen molar-refractivity contribution >= 4 is 21.7 Å². The van der Waals surface area contributed by atoms with Gasteiger partial charge < -0.3 is 0 Å². The molecule has 1 aromatic carbocycles. The molecule has 1 amide bonds. The molecule has 2 aromatic rings. The molecule has 1 atom stereocenters. The Morgan fingerprint density at radius 1 is 1.19 bits per heavy atom. The fraction of sp³-hybridized carbons (Fsp3) is 0.474. The second-order valence-corrected chi connectivity index (χ2v) is 8.81. The molecule has 2 aliphatic rings. The summed E-state index contributed by atoms with van der Waals surface area (Å²) in [5.41, 5.74) is 2.32. The van der Waals surface area contributed by atoms with E-state index in [0.717, 1.165) is 31.2 Å². The zero-order valence-corrected chi connectivity index (χ0v) is 16.2. The third-order valence-corrected chi connectivity index (χ3v) is 6.86. The van der Waals surface area contributed by atoms with E-state index in [9.17, 15) is 13.2 Å². The smallest absolute Gasteiger partial charge is 0.246 e. The molecular formula is C19H24N4O3S. The number of sulfonamides is 1. The van der Waals surface area contributed by atoms with Gasteiger partial charge in [-0.05, 0) is 62.3 Å². The summed E-state index contributed by atoms with van der Waals surface area (Å²) in [5, 5.41) is 4.21. The minimum Gasteiger partial charge on any atom is -0.296 e. The van der Waals surface area contributed by atoms with E-state index in [-0.39, 0.29) is 10.8 Å². The van der Waals surface area contributed by atoms with E-state index in [1.54, 1.807) is 34.0 Å². The Morgan fingerprint density at radius 2 is 2.00 bits per heavy atom. The predicted octanol–water partition coefficient (Wildman–Crippen LogP) is 1.87. The third-order valence-electron chi connectivity index (χ3n) is 5.39. The molecule has 1 aromatic heterocycles. The number of amides is 1. The quantitative estimate of drug-likeness (QED) is 0.847. The number of fused-ring (bicyclic) bond motifs is 1. The number of rotatable bonds is 5. The second kappa shape index (κ2) is 7.09. The van der Waals surface area contributed by atoms with Crippen molar-refractivity contribution in [3.63, 3.8) is 0 Å². The molecule has 1 N–H and O–H groups in total. The van der Waals surface area contributed by atoms with Gasteiger partial charge in [-0.3, -0.25) is 9.69 Å². The number of carbonyl (C=O) groups excluding carboxylic acids is 1. The van der Waals surface area contributed by atoms with E-state index in [1.807, 2.05) is 13.0 Å². The van der Waals surface area contributed by atoms with Crippen LogP contribution in [-0.2, 0) is 34.2 Å². The number of piperidine rings is 1. The first-order valence-electron chi connectivity index (χ1n) is 9.47. The minimum atomic E-state index is -3.74. The summed E-state index contributed by atoms with van der Waals surface area (Å²) in [5.74, 6) is 0.491. The number of nitrogens with one attached hydrogen (secondary N) is 1. The number of nitrogens with zero attached hydrogens (tertiary/aromatic N) is 3. The van der Waals surface area contributed by atoms with E-state index in [0.29, 0.717) is 25.3 Å². The molecule has 0 spiro atoms. The zero-order chi connectivity index (χ0) is 19.0. The Labute approximate surface area is 159 Å². The summed E-state index contributed by atoms with van der Waals surface area (Å²) in [6.07, 6.45) is 5.87. The van der Waals surface area contributed by atoms with Crippen molar-refractivity contribution in [2.75, 3.05) is 11.4 Å². The van der Waals surface area contributed by atoms with Crippen LogP contribution >= 0.6 is 0 Å². The number of hydrogen-bond acceptors (Lipinski definition) is 4. The maximum atomic E-state index is 12.9. The van der Waals surface area contributed by atoms with E-state index < -0.39 is 16.1 Å². The minimum absolute atomic E-state index is 0.221. The maximum absolute atomic E-state index is 12.9. The second-order valence-electron chi connectivity index (χ2n) is 7.10. The van der Waals surface area contributed by atoms with E-state index in [2.05, 4.69) is 9.82 Å². The van der Waals surface area contributed by atoms with Crippen LogP contribution in [0.1, 0.15) is 37.3 Å². The molecule has 27 heavy (non-hydrogen) atoms. The van der Waals surface area contributed by atoms with Crippen molar-refractivity contribution in [2.24, 2.45) is 0 Å². The lowest BCUT2D eigenvalue weighted by Crippen LogP contribution is -2.52. The van der Waals surface area contributed by atoms with Gasteiger partial charge in [-0.15, -0.1) is 0 Å². The number of aromatic nitrogens is 2. The van der Waals surface area contributed by atoms with Crippen LogP contribution < -0.4 is 9.62 Å². The summed E-state index contributed by atoms with van der Waals surface area (Å²) in [6.45, 7) is 3.18. The van der Waals surface area contributed by atoms with Crippen LogP contribution in [0.15, 0.2) is 35.4 Å². The van der Waals surface area contributed by atoms with Gasteiger partial charge in [-0.25, -0.2) is 13.1 Å². The number of hydrogen-bond donors (Lipinski definition) is 1. The molecule has 8 heteroatoms. The number of anilines is 1. The summed E-state index contributed by atoms with van der Waals surface area (Å²) >= 11 is 0. The van der Waals surface area contributed by atoms with Gasteiger partial charge in [0.2, 0.25) is 15.9 Å². The lowest BCUT2D eigenvalue weighted by molar-refractivity contribution is -0.121. The first-order chi connectivity index (χ1) is 13.0. The Bertz CT molecular complexity index is 967. The summed E-state index contributed by atoms with van der Waals surface area (Å²) in [7, 11) is -3.74. The topological polar surface area (TPSA) is 84.3 Å². The summed E-state index contributed by atoms with van der Waals surface area (Å²) in [4.78, 5) is 14.8. The monoisotopic (exact) mass is 388 g/mol. The van der Waals surface area contributed by atoms with Crippen molar-refractivity contribution in [1.82, 2.24) is 14.5 Å². The standard InChI is InChI=1S/C19H24N4O3S/c1-2-23-18(10-11-20-23)22-12-4-7-17(19(22)24)21-27(25,26)16-9-8-14-5-3-6-15(14)13-16/h8-11,13,17,21H,2-7,12H2,1H3/t17-/m1/s1. The molecule has 0 bridgehead atoms. The van der Waals surface area contributed by atoms with Crippen LogP contribution in [0, 0.1) is 0 Å². The molecule has 2 heterocycles. The molecule has 1 saturated heterocycles. The average molecular weight is 388 g/mol. The molecule has 144 valence electrons. The highest BCUT2D eigenvalue weighted by molar-refractivity contribution is 7.89. The van der Waals surface area contributed by atoms with Crippen molar-refractivity contribution < 1.29 is 13.2 Å². The maximum Gasteiger partial charge on any atom is 0.246 e.